The molecule has 0 fully saturated rings. The fourth-order valence-electron chi connectivity index (χ4n) is 1.13. The lowest BCUT2D eigenvalue weighted by Gasteiger charge is -2.13. The van der Waals surface area contributed by atoms with Gasteiger partial charge in [-0.1, -0.05) is 11.3 Å². The van der Waals surface area contributed by atoms with Crippen molar-refractivity contribution in [3.63, 3.8) is 0 Å². The standard InChI is InChI=1S/C9H8F3Si/c1-5-6(2)8(13)4-3-7(5)9(10,11)12/h3-4H,1-2H3. The van der Waals surface area contributed by atoms with E-state index in [4.69, 9.17) is 0 Å². The van der Waals surface area contributed by atoms with Crippen molar-refractivity contribution in [2.24, 2.45) is 0 Å². The lowest BCUT2D eigenvalue weighted by atomic mass is 10.0. The summed E-state index contributed by atoms with van der Waals surface area (Å²) in [6, 6.07) is 2.51. The molecule has 0 atom stereocenters. The number of rotatable bonds is 0. The third-order valence-electron chi connectivity index (χ3n) is 2.09. The quantitative estimate of drug-likeness (QED) is 0.564. The Morgan fingerprint density at radius 2 is 1.62 bits per heavy atom. The molecule has 13 heavy (non-hydrogen) atoms. The van der Waals surface area contributed by atoms with Crippen LogP contribution in [0.2, 0.25) is 0 Å². The molecule has 1 aromatic carbocycles. The van der Waals surface area contributed by atoms with E-state index in [0.717, 1.165) is 6.07 Å². The maximum absolute atomic E-state index is 12.3. The van der Waals surface area contributed by atoms with Crippen LogP contribution in [0.5, 0.6) is 0 Å². The molecule has 0 bridgehead atoms. The van der Waals surface area contributed by atoms with Crippen LogP contribution in [-0.2, 0) is 6.18 Å². The fraction of sp³-hybridized carbons (Fsp3) is 0.333. The van der Waals surface area contributed by atoms with Gasteiger partial charge in [-0.25, -0.2) is 0 Å². The maximum Gasteiger partial charge on any atom is 0.416 e. The van der Waals surface area contributed by atoms with Crippen LogP contribution in [0.4, 0.5) is 13.2 Å². The van der Waals surface area contributed by atoms with Crippen LogP contribution in [0.3, 0.4) is 0 Å². The fourth-order valence-corrected chi connectivity index (χ4v) is 1.40. The second-order valence-corrected chi connectivity index (χ2v) is 3.45. The Hall–Kier alpha value is -0.773. The zero-order valence-electron chi connectivity index (χ0n) is 7.29. The Morgan fingerprint density at radius 1 is 1.08 bits per heavy atom. The maximum atomic E-state index is 12.3. The average Bonchev–Trinajstić information content (AvgIpc) is 1.98. The summed E-state index contributed by atoms with van der Waals surface area (Å²) in [5.41, 5.74) is 0.346. The van der Waals surface area contributed by atoms with E-state index in [-0.39, 0.29) is 5.56 Å². The van der Waals surface area contributed by atoms with Gasteiger partial charge in [0.1, 0.15) is 0 Å². The molecule has 0 nitrogen and oxygen atoms in total. The summed E-state index contributed by atoms with van der Waals surface area (Å²) in [5, 5.41) is 0.700. The lowest BCUT2D eigenvalue weighted by molar-refractivity contribution is -0.138. The lowest BCUT2D eigenvalue weighted by Crippen LogP contribution is -2.15. The van der Waals surface area contributed by atoms with Gasteiger partial charge in [0.2, 0.25) is 0 Å². The second-order valence-electron chi connectivity index (χ2n) is 2.91. The number of alkyl halides is 3. The van der Waals surface area contributed by atoms with Crippen molar-refractivity contribution in [2.75, 3.05) is 0 Å². The van der Waals surface area contributed by atoms with Gasteiger partial charge >= 0.3 is 6.18 Å². The first-order chi connectivity index (χ1) is 5.84. The molecule has 0 heterocycles. The summed E-state index contributed by atoms with van der Waals surface area (Å²) in [6.45, 7) is 3.13. The van der Waals surface area contributed by atoms with Gasteiger partial charge in [0.05, 0.1) is 15.8 Å². The van der Waals surface area contributed by atoms with Gasteiger partial charge in [-0.05, 0) is 31.0 Å². The number of hydrogen-bond acceptors (Lipinski definition) is 0. The predicted octanol–water partition coefficient (Wildman–Crippen LogP) is 2.12. The Labute approximate surface area is 78.2 Å². The molecule has 1 rings (SSSR count). The van der Waals surface area contributed by atoms with Crippen LogP contribution >= 0.6 is 0 Å². The summed E-state index contributed by atoms with van der Waals surface area (Å²) in [4.78, 5) is 0. The summed E-state index contributed by atoms with van der Waals surface area (Å²) < 4.78 is 37.0. The van der Waals surface area contributed by atoms with E-state index in [1.165, 1.54) is 13.0 Å². The van der Waals surface area contributed by atoms with Crippen molar-refractivity contribution in [3.8, 4) is 0 Å². The molecule has 0 amide bonds. The summed E-state index contributed by atoms with van der Waals surface area (Å²) in [6.07, 6.45) is -4.26. The van der Waals surface area contributed by atoms with Gasteiger partial charge < -0.3 is 0 Å². The molecule has 0 aliphatic heterocycles. The number of benzene rings is 1. The molecule has 0 aromatic heterocycles. The van der Waals surface area contributed by atoms with Crippen LogP contribution in [0.15, 0.2) is 12.1 Å². The molecule has 0 aliphatic carbocycles. The van der Waals surface area contributed by atoms with Crippen LogP contribution < -0.4 is 5.19 Å². The van der Waals surface area contributed by atoms with Gasteiger partial charge in [-0.3, -0.25) is 0 Å². The van der Waals surface area contributed by atoms with E-state index in [1.54, 1.807) is 6.92 Å². The zero-order chi connectivity index (χ0) is 10.2. The van der Waals surface area contributed by atoms with Crippen LogP contribution in [0.1, 0.15) is 16.7 Å². The molecular formula is C9H8F3Si. The SMILES string of the molecule is Cc1c([Si])ccc(C(F)(F)F)c1C. The largest absolute Gasteiger partial charge is 0.416 e. The van der Waals surface area contributed by atoms with E-state index in [9.17, 15) is 13.2 Å². The highest BCUT2D eigenvalue weighted by molar-refractivity contribution is 6.33. The highest BCUT2D eigenvalue weighted by atomic mass is 28.1. The van der Waals surface area contributed by atoms with Gasteiger partial charge in [-0.2, -0.15) is 13.2 Å². The molecule has 69 valence electrons. The molecule has 1 aromatic rings. The van der Waals surface area contributed by atoms with Crippen molar-refractivity contribution >= 4 is 15.4 Å². The van der Waals surface area contributed by atoms with Crippen molar-refractivity contribution in [3.05, 3.63) is 28.8 Å². The summed E-state index contributed by atoms with van der Waals surface area (Å²) >= 11 is 0. The summed E-state index contributed by atoms with van der Waals surface area (Å²) in [7, 11) is 3.23. The van der Waals surface area contributed by atoms with Crippen LogP contribution in [0.25, 0.3) is 0 Å². The van der Waals surface area contributed by atoms with Crippen molar-refractivity contribution in [1.29, 1.82) is 0 Å². The minimum atomic E-state index is -4.26. The highest BCUT2D eigenvalue weighted by Crippen LogP contribution is 2.31. The molecule has 0 aliphatic rings. The third kappa shape index (κ3) is 1.93. The zero-order valence-corrected chi connectivity index (χ0v) is 8.29. The van der Waals surface area contributed by atoms with Gasteiger partial charge in [-0.15, -0.1) is 0 Å². The van der Waals surface area contributed by atoms with E-state index < -0.39 is 11.7 Å². The smallest absolute Gasteiger partial charge is 0.166 e. The molecule has 0 spiro atoms. The van der Waals surface area contributed by atoms with Crippen LogP contribution in [0, 0.1) is 13.8 Å². The Balaban J connectivity index is 3.35. The minimum absolute atomic E-state index is 0.278. The van der Waals surface area contributed by atoms with E-state index >= 15 is 0 Å². The highest BCUT2D eigenvalue weighted by Gasteiger charge is 2.32. The topological polar surface area (TPSA) is 0 Å². The third-order valence-corrected chi connectivity index (χ3v) is 2.63. The first kappa shape index (κ1) is 10.3. The van der Waals surface area contributed by atoms with Crippen LogP contribution in [-0.4, -0.2) is 10.2 Å². The van der Waals surface area contributed by atoms with Gasteiger partial charge in [0, 0.05) is 0 Å². The van der Waals surface area contributed by atoms with Crippen molar-refractivity contribution in [2.45, 2.75) is 20.0 Å². The first-order valence-electron chi connectivity index (χ1n) is 3.73. The molecule has 4 heteroatoms. The van der Waals surface area contributed by atoms with E-state index in [1.807, 2.05) is 0 Å². The Kier molecular flexibility index (Phi) is 2.52. The Morgan fingerprint density at radius 3 is 2.08 bits per heavy atom. The molecule has 0 saturated heterocycles. The molecule has 0 saturated carbocycles. The van der Waals surface area contributed by atoms with Crippen molar-refractivity contribution < 1.29 is 13.2 Å². The molecule has 0 N–H and O–H groups in total. The van der Waals surface area contributed by atoms with Crippen molar-refractivity contribution in [1.82, 2.24) is 0 Å². The van der Waals surface area contributed by atoms with E-state index in [0.29, 0.717) is 10.8 Å². The number of halogens is 3. The molecule has 3 radical (unpaired) electrons. The number of hydrogen-bond donors (Lipinski definition) is 0. The molecular weight excluding hydrogens is 193 g/mol. The summed E-state index contributed by atoms with van der Waals surface area (Å²) in [5.74, 6) is 0. The van der Waals surface area contributed by atoms with Gasteiger partial charge in [0.25, 0.3) is 0 Å². The monoisotopic (exact) mass is 201 g/mol. The Bertz CT molecular complexity index is 328. The predicted molar refractivity (Wildman–Crippen MR) is 46.3 cm³/mol. The van der Waals surface area contributed by atoms with E-state index in [2.05, 4.69) is 10.2 Å². The first-order valence-corrected chi connectivity index (χ1v) is 4.23. The molecule has 0 unspecified atom stereocenters. The normalized spacial score (nSPS) is 11.8. The average molecular weight is 201 g/mol. The second kappa shape index (κ2) is 3.18. The van der Waals surface area contributed by atoms with Gasteiger partial charge in [0.15, 0.2) is 0 Å². The minimum Gasteiger partial charge on any atom is -0.166 e.